The molecule has 0 saturated carbocycles. The average molecular weight is 440 g/mol. The number of hydrogen-bond acceptors (Lipinski definition) is 6. The molecule has 0 N–H and O–H groups in total. The van der Waals surface area contributed by atoms with Crippen molar-refractivity contribution in [1.82, 2.24) is 19.4 Å². The highest BCUT2D eigenvalue weighted by Gasteiger charge is 2.19. The Balaban J connectivity index is 1.61. The summed E-state index contributed by atoms with van der Waals surface area (Å²) in [5.74, 6) is -0.0867. The van der Waals surface area contributed by atoms with Crippen molar-refractivity contribution >= 4 is 33.1 Å². The molecule has 0 radical (unpaired) electrons. The molecular weight excluding hydrogens is 410 g/mol. The molecule has 31 heavy (non-hydrogen) atoms. The Hall–Kier alpha value is -2.71. The quantitative estimate of drug-likeness (QED) is 0.625. The molecule has 1 fully saturated rings. The molecule has 0 atom stereocenters. The van der Waals surface area contributed by atoms with Crippen molar-refractivity contribution in [3.05, 3.63) is 51.9 Å². The van der Waals surface area contributed by atoms with Crippen LogP contribution in [0.25, 0.3) is 15.9 Å². The minimum absolute atomic E-state index is 0.0867. The molecule has 7 nitrogen and oxygen atoms in total. The van der Waals surface area contributed by atoms with E-state index < -0.39 is 0 Å². The molecule has 3 aromatic rings. The third kappa shape index (κ3) is 4.36. The Bertz CT molecular complexity index is 1140. The van der Waals surface area contributed by atoms with Crippen LogP contribution in [0.3, 0.4) is 0 Å². The molecule has 4 rings (SSSR count). The van der Waals surface area contributed by atoms with Crippen molar-refractivity contribution in [1.29, 1.82) is 0 Å². The number of thiophene rings is 1. The van der Waals surface area contributed by atoms with Crippen LogP contribution >= 0.6 is 11.3 Å². The maximum absolute atomic E-state index is 13.1. The Kier molecular flexibility index (Phi) is 6.11. The molecule has 1 aliphatic heterocycles. The van der Waals surface area contributed by atoms with Crippen LogP contribution in [0.1, 0.15) is 29.9 Å². The maximum atomic E-state index is 13.1. The molecule has 0 unspecified atom stereocenters. The molecule has 0 spiro atoms. The SMILES string of the molecule is CC(C)N(C)C(=O)c1cc2ncn(-c3ccc(N4CCCN(C)CC4)cc3)c(=O)c2s1. The number of anilines is 1. The lowest BCUT2D eigenvalue weighted by Crippen LogP contribution is -2.32. The van der Waals surface area contributed by atoms with Crippen molar-refractivity contribution < 1.29 is 4.79 Å². The van der Waals surface area contributed by atoms with E-state index in [0.29, 0.717) is 15.1 Å². The van der Waals surface area contributed by atoms with E-state index in [-0.39, 0.29) is 17.5 Å². The van der Waals surface area contributed by atoms with Crippen molar-refractivity contribution in [3.8, 4) is 5.69 Å². The van der Waals surface area contributed by atoms with Gasteiger partial charge < -0.3 is 14.7 Å². The fraction of sp³-hybridized carbons (Fsp3) is 0.435. The van der Waals surface area contributed by atoms with Crippen LogP contribution in [0.4, 0.5) is 5.69 Å². The highest BCUT2D eigenvalue weighted by atomic mass is 32.1. The predicted octanol–water partition coefficient (Wildman–Crippen LogP) is 3.07. The Labute approximate surface area is 186 Å². The normalized spacial score (nSPS) is 15.5. The minimum atomic E-state index is -0.148. The maximum Gasteiger partial charge on any atom is 0.275 e. The van der Waals surface area contributed by atoms with E-state index in [1.165, 1.54) is 17.0 Å². The van der Waals surface area contributed by atoms with Crippen molar-refractivity contribution in [3.63, 3.8) is 0 Å². The molecule has 0 aliphatic carbocycles. The lowest BCUT2D eigenvalue weighted by molar-refractivity contribution is 0.0760. The summed E-state index contributed by atoms with van der Waals surface area (Å²) in [4.78, 5) is 37.2. The van der Waals surface area contributed by atoms with E-state index >= 15 is 0 Å². The second-order valence-electron chi connectivity index (χ2n) is 8.41. The van der Waals surface area contributed by atoms with Gasteiger partial charge in [0.25, 0.3) is 11.5 Å². The predicted molar refractivity (Wildman–Crippen MR) is 127 cm³/mol. The van der Waals surface area contributed by atoms with Gasteiger partial charge in [-0.05, 0) is 64.2 Å². The summed E-state index contributed by atoms with van der Waals surface area (Å²) < 4.78 is 2.06. The number of hydrogen-bond donors (Lipinski definition) is 0. The van der Waals surface area contributed by atoms with Crippen molar-refractivity contribution in [2.24, 2.45) is 0 Å². The summed E-state index contributed by atoms with van der Waals surface area (Å²) in [7, 11) is 3.93. The van der Waals surface area contributed by atoms with Crippen LogP contribution in [0.15, 0.2) is 41.5 Å². The van der Waals surface area contributed by atoms with E-state index in [0.717, 1.165) is 38.3 Å². The van der Waals surface area contributed by atoms with Gasteiger partial charge in [-0.3, -0.25) is 14.2 Å². The van der Waals surface area contributed by atoms with Gasteiger partial charge in [-0.25, -0.2) is 4.98 Å². The highest BCUT2D eigenvalue weighted by molar-refractivity contribution is 7.20. The Morgan fingerprint density at radius 1 is 1.10 bits per heavy atom. The zero-order valence-corrected chi connectivity index (χ0v) is 19.4. The fourth-order valence-corrected chi connectivity index (χ4v) is 4.76. The van der Waals surface area contributed by atoms with Gasteiger partial charge in [-0.2, -0.15) is 0 Å². The molecule has 1 aliphatic rings. The van der Waals surface area contributed by atoms with Crippen LogP contribution < -0.4 is 10.5 Å². The molecule has 3 heterocycles. The lowest BCUT2D eigenvalue weighted by atomic mass is 10.2. The smallest absolute Gasteiger partial charge is 0.275 e. The van der Waals surface area contributed by atoms with Crippen LogP contribution in [-0.2, 0) is 0 Å². The first-order chi connectivity index (χ1) is 14.8. The summed E-state index contributed by atoms with van der Waals surface area (Å²) in [5, 5.41) is 0. The summed E-state index contributed by atoms with van der Waals surface area (Å²) in [5.41, 5.74) is 2.36. The van der Waals surface area contributed by atoms with Crippen molar-refractivity contribution in [2.45, 2.75) is 26.3 Å². The second kappa shape index (κ2) is 8.80. The third-order valence-electron chi connectivity index (χ3n) is 5.96. The van der Waals surface area contributed by atoms with Crippen LogP contribution in [0.5, 0.6) is 0 Å². The Morgan fingerprint density at radius 2 is 1.81 bits per heavy atom. The zero-order valence-electron chi connectivity index (χ0n) is 18.5. The van der Waals surface area contributed by atoms with Crippen LogP contribution in [0, 0.1) is 0 Å². The number of aromatic nitrogens is 2. The summed E-state index contributed by atoms with van der Waals surface area (Å²) in [6.07, 6.45) is 2.69. The molecule has 1 saturated heterocycles. The third-order valence-corrected chi connectivity index (χ3v) is 7.06. The van der Waals surface area contributed by atoms with Crippen molar-refractivity contribution in [2.75, 3.05) is 45.2 Å². The van der Waals surface area contributed by atoms with E-state index in [2.05, 4.69) is 34.0 Å². The Morgan fingerprint density at radius 3 is 2.52 bits per heavy atom. The standard InChI is InChI=1S/C23H29N5O2S/c1-16(2)26(4)22(29)20-14-19-21(31-20)23(30)28(15-24-19)18-8-6-17(7-9-18)27-11-5-10-25(3)12-13-27/h6-9,14-16H,5,10-13H2,1-4H3. The number of carbonyl (C=O) groups excluding carboxylic acids is 1. The lowest BCUT2D eigenvalue weighted by Gasteiger charge is -2.23. The number of amides is 1. The fourth-order valence-electron chi connectivity index (χ4n) is 3.74. The summed E-state index contributed by atoms with van der Waals surface area (Å²) in [6.45, 7) is 8.13. The van der Waals surface area contributed by atoms with Gasteiger partial charge in [-0.15, -0.1) is 11.3 Å². The monoisotopic (exact) mass is 439 g/mol. The topological polar surface area (TPSA) is 61.7 Å². The summed E-state index contributed by atoms with van der Waals surface area (Å²) in [6, 6.07) is 9.87. The first-order valence-corrected chi connectivity index (χ1v) is 11.5. The number of fused-ring (bicyclic) bond motifs is 1. The first kappa shape index (κ1) is 21.5. The molecule has 1 aromatic carbocycles. The van der Waals surface area contributed by atoms with Gasteiger partial charge in [0, 0.05) is 38.4 Å². The second-order valence-corrected chi connectivity index (χ2v) is 9.47. The van der Waals surface area contributed by atoms with Gasteiger partial charge in [0.05, 0.1) is 16.1 Å². The van der Waals surface area contributed by atoms with Gasteiger partial charge >= 0.3 is 0 Å². The van der Waals surface area contributed by atoms with E-state index in [1.54, 1.807) is 28.9 Å². The largest absolute Gasteiger partial charge is 0.370 e. The molecule has 8 heteroatoms. The number of rotatable bonds is 4. The average Bonchev–Trinajstić information content (AvgIpc) is 3.09. The van der Waals surface area contributed by atoms with Gasteiger partial charge in [0.2, 0.25) is 0 Å². The highest BCUT2D eigenvalue weighted by Crippen LogP contribution is 2.24. The van der Waals surface area contributed by atoms with E-state index in [9.17, 15) is 9.59 Å². The van der Waals surface area contributed by atoms with Crippen LogP contribution in [-0.4, -0.2) is 71.6 Å². The van der Waals surface area contributed by atoms with Gasteiger partial charge in [-0.1, -0.05) is 0 Å². The summed E-state index contributed by atoms with van der Waals surface area (Å²) >= 11 is 1.22. The molecule has 164 valence electrons. The number of likely N-dealkylation sites (N-methyl/N-ethyl adjacent to an activating group) is 1. The molecule has 2 aromatic heterocycles. The van der Waals surface area contributed by atoms with E-state index in [1.807, 2.05) is 26.0 Å². The van der Waals surface area contributed by atoms with Crippen LogP contribution in [0.2, 0.25) is 0 Å². The van der Waals surface area contributed by atoms with E-state index in [4.69, 9.17) is 0 Å². The molecule has 0 bridgehead atoms. The first-order valence-electron chi connectivity index (χ1n) is 10.7. The van der Waals surface area contributed by atoms with Gasteiger partial charge in [0.15, 0.2) is 0 Å². The number of benzene rings is 1. The minimum Gasteiger partial charge on any atom is -0.370 e. The molecular formula is C23H29N5O2S. The number of nitrogens with zero attached hydrogens (tertiary/aromatic N) is 5. The molecule has 1 amide bonds. The number of carbonyl (C=O) groups is 1. The zero-order chi connectivity index (χ0) is 22.1. The van der Waals surface area contributed by atoms with Gasteiger partial charge in [0.1, 0.15) is 11.0 Å².